The van der Waals surface area contributed by atoms with Crippen molar-refractivity contribution >= 4 is 17.1 Å². The first kappa shape index (κ1) is 12.4. The zero-order valence-corrected chi connectivity index (χ0v) is 10.5. The summed E-state index contributed by atoms with van der Waals surface area (Å²) in [6, 6.07) is 1.91. The number of carbonyl (C=O) groups is 1. The number of nitrogens with two attached hydrogens (primary N) is 1. The largest absolute Gasteiger partial charge is 0.329 e. The number of rotatable bonds is 5. The fourth-order valence-electron chi connectivity index (χ4n) is 1.86. The molecular formula is C12H19NOS. The Balaban J connectivity index is 3.06. The standard InChI is InChI=1S/C12H19NOS/c1-4-12(5-2,8-13)11(14)10-6-7-15-9(10)3/h6-7H,4-5,8,13H2,1-3H3. The van der Waals surface area contributed by atoms with Gasteiger partial charge in [0.1, 0.15) is 0 Å². The van der Waals surface area contributed by atoms with Gasteiger partial charge in [0.15, 0.2) is 5.78 Å². The summed E-state index contributed by atoms with van der Waals surface area (Å²) in [6.45, 7) is 6.50. The molecule has 0 aliphatic carbocycles. The first-order valence-corrected chi connectivity index (χ1v) is 6.28. The smallest absolute Gasteiger partial charge is 0.171 e. The molecule has 0 aliphatic rings. The van der Waals surface area contributed by atoms with Gasteiger partial charge in [0.25, 0.3) is 0 Å². The van der Waals surface area contributed by atoms with Crippen LogP contribution in [0.2, 0.25) is 0 Å². The Morgan fingerprint density at radius 2 is 2.07 bits per heavy atom. The van der Waals surface area contributed by atoms with Crippen molar-refractivity contribution in [3.8, 4) is 0 Å². The van der Waals surface area contributed by atoms with Gasteiger partial charge in [-0.1, -0.05) is 13.8 Å². The minimum Gasteiger partial charge on any atom is -0.329 e. The van der Waals surface area contributed by atoms with Gasteiger partial charge in [-0.05, 0) is 31.2 Å². The molecule has 84 valence electrons. The zero-order chi connectivity index (χ0) is 11.5. The zero-order valence-electron chi connectivity index (χ0n) is 9.67. The molecule has 0 aliphatic heterocycles. The summed E-state index contributed by atoms with van der Waals surface area (Å²) in [5.41, 5.74) is 6.27. The molecule has 0 aromatic carbocycles. The molecule has 1 rings (SSSR count). The number of hydrogen-bond donors (Lipinski definition) is 1. The van der Waals surface area contributed by atoms with E-state index in [4.69, 9.17) is 5.73 Å². The van der Waals surface area contributed by atoms with Crippen molar-refractivity contribution < 1.29 is 4.79 Å². The van der Waals surface area contributed by atoms with E-state index in [9.17, 15) is 4.79 Å². The minimum atomic E-state index is -0.355. The van der Waals surface area contributed by atoms with Crippen LogP contribution in [0.15, 0.2) is 11.4 Å². The number of Topliss-reactive ketones (excluding diaryl/α,β-unsaturated/α-hetero) is 1. The van der Waals surface area contributed by atoms with Gasteiger partial charge in [0.2, 0.25) is 0 Å². The van der Waals surface area contributed by atoms with E-state index in [-0.39, 0.29) is 11.2 Å². The highest BCUT2D eigenvalue weighted by Gasteiger charge is 2.34. The van der Waals surface area contributed by atoms with E-state index in [2.05, 4.69) is 0 Å². The topological polar surface area (TPSA) is 43.1 Å². The molecule has 2 nitrogen and oxygen atoms in total. The first-order valence-electron chi connectivity index (χ1n) is 5.40. The van der Waals surface area contributed by atoms with E-state index in [1.165, 1.54) is 0 Å². The van der Waals surface area contributed by atoms with Crippen LogP contribution >= 0.6 is 11.3 Å². The number of hydrogen-bond acceptors (Lipinski definition) is 3. The molecule has 0 atom stereocenters. The van der Waals surface area contributed by atoms with Crippen LogP contribution in [0, 0.1) is 12.3 Å². The molecule has 0 radical (unpaired) electrons. The van der Waals surface area contributed by atoms with Crippen LogP contribution in [-0.2, 0) is 0 Å². The van der Waals surface area contributed by atoms with Gasteiger partial charge in [0.05, 0.1) is 0 Å². The van der Waals surface area contributed by atoms with E-state index >= 15 is 0 Å². The van der Waals surface area contributed by atoms with E-state index in [0.717, 1.165) is 23.3 Å². The van der Waals surface area contributed by atoms with Gasteiger partial charge in [-0.2, -0.15) is 0 Å². The van der Waals surface area contributed by atoms with Crippen molar-refractivity contribution in [2.45, 2.75) is 33.6 Å². The fraction of sp³-hybridized carbons (Fsp3) is 0.583. The highest BCUT2D eigenvalue weighted by Crippen LogP contribution is 2.32. The molecule has 2 N–H and O–H groups in total. The summed E-state index contributed by atoms with van der Waals surface area (Å²) in [5.74, 6) is 0.216. The average molecular weight is 225 g/mol. The molecular weight excluding hydrogens is 206 g/mol. The highest BCUT2D eigenvalue weighted by atomic mass is 32.1. The lowest BCUT2D eigenvalue weighted by atomic mass is 9.76. The van der Waals surface area contributed by atoms with Crippen LogP contribution in [-0.4, -0.2) is 12.3 Å². The number of carbonyl (C=O) groups excluding carboxylic acids is 1. The van der Waals surface area contributed by atoms with Crippen LogP contribution in [0.1, 0.15) is 41.9 Å². The predicted octanol–water partition coefficient (Wildman–Crippen LogP) is 3.00. The second-order valence-corrected chi connectivity index (χ2v) is 5.03. The lowest BCUT2D eigenvalue weighted by Crippen LogP contribution is -2.37. The summed E-state index contributed by atoms with van der Waals surface area (Å²) in [4.78, 5) is 13.5. The number of aryl methyl sites for hydroxylation is 1. The van der Waals surface area contributed by atoms with Crippen molar-refractivity contribution in [1.29, 1.82) is 0 Å². The Hall–Kier alpha value is -0.670. The van der Waals surface area contributed by atoms with E-state index < -0.39 is 0 Å². The first-order chi connectivity index (χ1) is 7.11. The number of thiophene rings is 1. The van der Waals surface area contributed by atoms with Gasteiger partial charge in [-0.15, -0.1) is 11.3 Å². The van der Waals surface area contributed by atoms with Crippen LogP contribution < -0.4 is 5.73 Å². The summed E-state index contributed by atoms with van der Waals surface area (Å²) in [7, 11) is 0. The molecule has 0 amide bonds. The normalized spacial score (nSPS) is 11.7. The maximum atomic E-state index is 12.4. The lowest BCUT2D eigenvalue weighted by Gasteiger charge is -2.28. The Bertz CT molecular complexity index is 331. The quantitative estimate of drug-likeness (QED) is 0.783. The van der Waals surface area contributed by atoms with E-state index in [0.29, 0.717) is 6.54 Å². The molecule has 0 bridgehead atoms. The molecule has 3 heteroatoms. The van der Waals surface area contributed by atoms with Gasteiger partial charge >= 0.3 is 0 Å². The summed E-state index contributed by atoms with van der Waals surface area (Å²) in [5, 5.41) is 1.97. The SMILES string of the molecule is CCC(CC)(CN)C(=O)c1ccsc1C. The summed E-state index contributed by atoms with van der Waals surface area (Å²) < 4.78 is 0. The van der Waals surface area contributed by atoms with Crippen molar-refractivity contribution in [1.82, 2.24) is 0 Å². The molecule has 15 heavy (non-hydrogen) atoms. The van der Waals surface area contributed by atoms with Gasteiger partial charge in [-0.3, -0.25) is 4.79 Å². The predicted molar refractivity (Wildman–Crippen MR) is 65.5 cm³/mol. The minimum absolute atomic E-state index is 0.216. The van der Waals surface area contributed by atoms with Crippen LogP contribution in [0.3, 0.4) is 0 Å². The third-order valence-corrected chi connectivity index (χ3v) is 4.18. The van der Waals surface area contributed by atoms with Gasteiger partial charge in [0, 0.05) is 22.4 Å². The van der Waals surface area contributed by atoms with E-state index in [1.54, 1.807) is 11.3 Å². The Morgan fingerprint density at radius 1 is 1.47 bits per heavy atom. The molecule has 0 fully saturated rings. The maximum Gasteiger partial charge on any atom is 0.171 e. The van der Waals surface area contributed by atoms with Gasteiger partial charge in [-0.25, -0.2) is 0 Å². The summed E-state index contributed by atoms with van der Waals surface area (Å²) >= 11 is 1.62. The lowest BCUT2D eigenvalue weighted by molar-refractivity contribution is 0.0787. The van der Waals surface area contributed by atoms with Gasteiger partial charge < -0.3 is 5.73 Å². The third-order valence-electron chi connectivity index (χ3n) is 3.33. The monoisotopic (exact) mass is 225 g/mol. The van der Waals surface area contributed by atoms with Crippen molar-refractivity contribution in [2.75, 3.05) is 6.54 Å². The molecule has 0 saturated heterocycles. The molecule has 0 spiro atoms. The molecule has 1 aromatic rings. The Labute approximate surface area is 95.5 Å². The second kappa shape index (κ2) is 4.90. The average Bonchev–Trinajstić information content (AvgIpc) is 2.67. The fourth-order valence-corrected chi connectivity index (χ4v) is 2.55. The van der Waals surface area contributed by atoms with Crippen molar-refractivity contribution in [3.05, 3.63) is 21.9 Å². The van der Waals surface area contributed by atoms with Crippen LogP contribution in [0.4, 0.5) is 0 Å². The summed E-state index contributed by atoms with van der Waals surface area (Å²) in [6.07, 6.45) is 1.63. The molecule has 1 heterocycles. The molecule has 0 saturated carbocycles. The maximum absolute atomic E-state index is 12.4. The third kappa shape index (κ3) is 2.13. The Morgan fingerprint density at radius 3 is 2.40 bits per heavy atom. The van der Waals surface area contributed by atoms with Crippen LogP contribution in [0.5, 0.6) is 0 Å². The molecule has 1 aromatic heterocycles. The Kier molecular flexibility index (Phi) is 4.05. The van der Waals surface area contributed by atoms with E-state index in [1.807, 2.05) is 32.2 Å². The highest BCUT2D eigenvalue weighted by molar-refractivity contribution is 7.10. The van der Waals surface area contributed by atoms with Crippen molar-refractivity contribution in [3.63, 3.8) is 0 Å². The number of ketones is 1. The van der Waals surface area contributed by atoms with Crippen molar-refractivity contribution in [2.24, 2.45) is 11.1 Å². The second-order valence-electron chi connectivity index (χ2n) is 3.91. The van der Waals surface area contributed by atoms with Crippen LogP contribution in [0.25, 0.3) is 0 Å². The molecule has 0 unspecified atom stereocenters.